The van der Waals surface area contributed by atoms with E-state index in [1.54, 1.807) is 0 Å². The molecule has 0 aromatic heterocycles. The van der Waals surface area contributed by atoms with E-state index < -0.39 is 5.97 Å². The van der Waals surface area contributed by atoms with Gasteiger partial charge in [0, 0.05) is 6.61 Å². The summed E-state index contributed by atoms with van der Waals surface area (Å²) in [6, 6.07) is 0. The first-order valence-electron chi connectivity index (χ1n) is 5.88. The summed E-state index contributed by atoms with van der Waals surface area (Å²) in [5.74, 6) is -0.300. The molecule has 16 heavy (non-hydrogen) atoms. The Morgan fingerprint density at radius 3 is 2.31 bits per heavy atom. The molecule has 0 aliphatic rings. The van der Waals surface area contributed by atoms with Gasteiger partial charge < -0.3 is 14.3 Å². The largest absolute Gasteiger partial charge is 0.481 e. The summed E-state index contributed by atoms with van der Waals surface area (Å²) in [6.45, 7) is 5.60. The number of carboxylic acid groups (broad SMARTS) is 1. The maximum atomic E-state index is 10.7. The van der Waals surface area contributed by atoms with Crippen LogP contribution in [0.5, 0.6) is 0 Å². The zero-order valence-electron chi connectivity index (χ0n) is 11.2. The zero-order valence-corrected chi connectivity index (χ0v) is 11.2. The molecular formula is C12H26NO3+. The zero-order chi connectivity index (χ0) is 12.8. The summed E-state index contributed by atoms with van der Waals surface area (Å²) >= 11 is 0. The van der Waals surface area contributed by atoms with Crippen molar-refractivity contribution in [1.29, 1.82) is 0 Å². The van der Waals surface area contributed by atoms with Crippen molar-refractivity contribution in [3.63, 3.8) is 0 Å². The molecule has 1 N–H and O–H groups in total. The SMILES string of the molecule is CCC(C)COC(CC(=O)O)C[N+](C)(C)C. The molecule has 0 aliphatic carbocycles. The van der Waals surface area contributed by atoms with Crippen LogP contribution in [-0.4, -0.2) is 56.0 Å². The Bertz CT molecular complexity index is 211. The third kappa shape index (κ3) is 8.68. The Morgan fingerprint density at radius 2 is 1.94 bits per heavy atom. The van der Waals surface area contributed by atoms with Gasteiger partial charge in [0.25, 0.3) is 0 Å². The highest BCUT2D eigenvalue weighted by molar-refractivity contribution is 5.67. The van der Waals surface area contributed by atoms with Crippen molar-refractivity contribution in [3.8, 4) is 0 Å². The number of likely N-dealkylation sites (N-methyl/N-ethyl adjacent to an activating group) is 1. The number of ether oxygens (including phenoxy) is 1. The second-order valence-electron chi connectivity index (χ2n) is 5.54. The van der Waals surface area contributed by atoms with Crippen LogP contribution in [0.3, 0.4) is 0 Å². The fourth-order valence-corrected chi connectivity index (χ4v) is 1.40. The molecular weight excluding hydrogens is 206 g/mol. The molecule has 0 bridgehead atoms. The first-order valence-corrected chi connectivity index (χ1v) is 5.88. The molecule has 0 amide bonds. The molecule has 2 unspecified atom stereocenters. The van der Waals surface area contributed by atoms with Crippen molar-refractivity contribution in [3.05, 3.63) is 0 Å². The molecule has 0 spiro atoms. The van der Waals surface area contributed by atoms with Gasteiger partial charge in [0.05, 0.1) is 27.6 Å². The van der Waals surface area contributed by atoms with E-state index in [1.165, 1.54) is 0 Å². The molecule has 96 valence electrons. The molecule has 0 fully saturated rings. The third-order valence-corrected chi connectivity index (χ3v) is 2.47. The predicted molar refractivity (Wildman–Crippen MR) is 64.3 cm³/mol. The van der Waals surface area contributed by atoms with Gasteiger partial charge in [-0.3, -0.25) is 4.79 Å². The first-order chi connectivity index (χ1) is 7.24. The van der Waals surface area contributed by atoms with Crippen LogP contribution in [0.2, 0.25) is 0 Å². The highest BCUT2D eigenvalue weighted by atomic mass is 16.5. The minimum absolute atomic E-state index is 0.0892. The average Bonchev–Trinajstić information content (AvgIpc) is 2.10. The molecule has 0 saturated heterocycles. The van der Waals surface area contributed by atoms with Crippen molar-refractivity contribution in [2.24, 2.45) is 5.92 Å². The number of nitrogens with zero attached hydrogens (tertiary/aromatic N) is 1. The molecule has 0 radical (unpaired) electrons. The number of quaternary nitrogens is 1. The van der Waals surface area contributed by atoms with Crippen molar-refractivity contribution >= 4 is 5.97 Å². The number of hydrogen-bond acceptors (Lipinski definition) is 2. The van der Waals surface area contributed by atoms with Gasteiger partial charge >= 0.3 is 5.97 Å². The van der Waals surface area contributed by atoms with Crippen molar-refractivity contribution < 1.29 is 19.1 Å². The number of carbonyl (C=O) groups is 1. The molecule has 0 aromatic rings. The molecule has 4 heteroatoms. The van der Waals surface area contributed by atoms with Crippen molar-refractivity contribution in [2.45, 2.75) is 32.8 Å². The summed E-state index contributed by atoms with van der Waals surface area (Å²) in [7, 11) is 6.13. The van der Waals surface area contributed by atoms with E-state index in [2.05, 4.69) is 13.8 Å². The van der Waals surface area contributed by atoms with Crippen LogP contribution in [-0.2, 0) is 9.53 Å². The minimum atomic E-state index is -0.789. The number of rotatable bonds is 8. The lowest BCUT2D eigenvalue weighted by Gasteiger charge is -2.29. The first kappa shape index (κ1) is 15.4. The molecule has 0 aromatic carbocycles. The van der Waals surface area contributed by atoms with E-state index in [9.17, 15) is 4.79 Å². The van der Waals surface area contributed by atoms with Gasteiger partial charge in [-0.25, -0.2) is 0 Å². The smallest absolute Gasteiger partial charge is 0.306 e. The van der Waals surface area contributed by atoms with E-state index in [0.717, 1.165) is 17.4 Å². The van der Waals surface area contributed by atoms with Gasteiger partial charge in [-0.1, -0.05) is 20.3 Å². The van der Waals surface area contributed by atoms with Gasteiger partial charge in [0.2, 0.25) is 0 Å². The topological polar surface area (TPSA) is 46.5 Å². The number of aliphatic carboxylic acids is 1. The van der Waals surface area contributed by atoms with Crippen LogP contribution in [0, 0.1) is 5.92 Å². The van der Waals surface area contributed by atoms with Crippen LogP contribution in [0.4, 0.5) is 0 Å². The van der Waals surface area contributed by atoms with Gasteiger partial charge in [-0.15, -0.1) is 0 Å². The molecule has 0 heterocycles. The standard InChI is InChI=1S/C12H25NO3/c1-6-10(2)9-16-11(7-12(14)15)8-13(3,4)5/h10-11H,6-9H2,1-5H3/p+1. The highest BCUT2D eigenvalue weighted by Gasteiger charge is 2.22. The maximum Gasteiger partial charge on any atom is 0.306 e. The Balaban J connectivity index is 4.15. The lowest BCUT2D eigenvalue weighted by molar-refractivity contribution is -0.873. The van der Waals surface area contributed by atoms with E-state index >= 15 is 0 Å². The molecule has 4 nitrogen and oxygen atoms in total. The summed E-state index contributed by atoms with van der Waals surface area (Å²) in [4.78, 5) is 10.7. The number of carboxylic acids is 1. The van der Waals surface area contributed by atoms with Gasteiger partial charge in [-0.05, 0) is 5.92 Å². The van der Waals surface area contributed by atoms with E-state index in [1.807, 2.05) is 21.1 Å². The fraction of sp³-hybridized carbons (Fsp3) is 0.917. The van der Waals surface area contributed by atoms with E-state index in [0.29, 0.717) is 12.5 Å². The van der Waals surface area contributed by atoms with Crippen LogP contribution in [0.25, 0.3) is 0 Å². The normalized spacial score (nSPS) is 15.8. The summed E-state index contributed by atoms with van der Waals surface area (Å²) in [6.07, 6.45) is 0.961. The molecule has 0 aliphatic heterocycles. The Kier molecular flexibility index (Phi) is 6.60. The lowest BCUT2D eigenvalue weighted by Crippen LogP contribution is -2.43. The van der Waals surface area contributed by atoms with Crippen molar-refractivity contribution in [1.82, 2.24) is 0 Å². The lowest BCUT2D eigenvalue weighted by atomic mass is 10.1. The Hall–Kier alpha value is -0.610. The van der Waals surface area contributed by atoms with Gasteiger partial charge in [-0.2, -0.15) is 0 Å². The van der Waals surface area contributed by atoms with E-state index in [4.69, 9.17) is 9.84 Å². The van der Waals surface area contributed by atoms with Crippen LogP contribution in [0.15, 0.2) is 0 Å². The van der Waals surface area contributed by atoms with Gasteiger partial charge in [0.1, 0.15) is 12.6 Å². The Labute approximate surface area is 98.8 Å². The monoisotopic (exact) mass is 232 g/mol. The van der Waals surface area contributed by atoms with Crippen LogP contribution in [0.1, 0.15) is 26.7 Å². The highest BCUT2D eigenvalue weighted by Crippen LogP contribution is 2.09. The number of hydrogen-bond donors (Lipinski definition) is 1. The summed E-state index contributed by atoms with van der Waals surface area (Å²) in [5.41, 5.74) is 0. The van der Waals surface area contributed by atoms with Gasteiger partial charge in [0.15, 0.2) is 0 Å². The van der Waals surface area contributed by atoms with Crippen molar-refractivity contribution in [2.75, 3.05) is 34.3 Å². The minimum Gasteiger partial charge on any atom is -0.481 e. The Morgan fingerprint density at radius 1 is 1.38 bits per heavy atom. The fourth-order valence-electron chi connectivity index (χ4n) is 1.40. The molecule has 2 atom stereocenters. The van der Waals surface area contributed by atoms with E-state index in [-0.39, 0.29) is 12.5 Å². The quantitative estimate of drug-likeness (QED) is 0.647. The second-order valence-corrected chi connectivity index (χ2v) is 5.54. The predicted octanol–water partition coefficient (Wildman–Crippen LogP) is 1.60. The summed E-state index contributed by atoms with van der Waals surface area (Å²) in [5, 5.41) is 8.82. The summed E-state index contributed by atoms with van der Waals surface area (Å²) < 4.78 is 6.41. The average molecular weight is 232 g/mol. The van der Waals surface area contributed by atoms with Crippen LogP contribution >= 0.6 is 0 Å². The molecule has 0 rings (SSSR count). The maximum absolute atomic E-state index is 10.7. The third-order valence-electron chi connectivity index (χ3n) is 2.47. The van der Waals surface area contributed by atoms with Crippen LogP contribution < -0.4 is 0 Å². The molecule has 0 saturated carbocycles. The second kappa shape index (κ2) is 6.86.